The zero-order valence-electron chi connectivity index (χ0n) is 11.2. The fourth-order valence-corrected chi connectivity index (χ4v) is 2.80. The van der Waals surface area contributed by atoms with Crippen molar-refractivity contribution in [2.45, 2.75) is 33.2 Å². The first kappa shape index (κ1) is 11.3. The molecule has 1 unspecified atom stereocenters. The van der Waals surface area contributed by atoms with Crippen molar-refractivity contribution >= 4 is 5.69 Å². The number of nitrogens with one attached hydrogen (secondary N) is 1. The molecule has 1 heterocycles. The number of aryl methyl sites for hydroxylation is 3. The van der Waals surface area contributed by atoms with Crippen LogP contribution in [0, 0.1) is 20.8 Å². The van der Waals surface area contributed by atoms with Crippen LogP contribution in [-0.2, 0) is 6.42 Å². The Morgan fingerprint density at radius 1 is 0.944 bits per heavy atom. The molecule has 0 fully saturated rings. The van der Waals surface area contributed by atoms with Gasteiger partial charge in [-0.2, -0.15) is 0 Å². The summed E-state index contributed by atoms with van der Waals surface area (Å²) in [6, 6.07) is 13.7. The van der Waals surface area contributed by atoms with Crippen LogP contribution in [0.5, 0.6) is 0 Å². The Morgan fingerprint density at radius 3 is 2.44 bits per heavy atom. The van der Waals surface area contributed by atoms with Crippen LogP contribution in [0.25, 0.3) is 0 Å². The molecule has 1 heteroatoms. The van der Waals surface area contributed by atoms with E-state index in [0.29, 0.717) is 6.04 Å². The lowest BCUT2D eigenvalue weighted by atomic mass is 9.97. The Morgan fingerprint density at radius 2 is 1.67 bits per heavy atom. The van der Waals surface area contributed by atoms with Crippen LogP contribution in [-0.4, -0.2) is 0 Å². The largest absolute Gasteiger partial charge is 0.378 e. The van der Waals surface area contributed by atoms with Gasteiger partial charge in [0.05, 0.1) is 6.04 Å². The fraction of sp³-hybridized carbons (Fsp3) is 0.294. The Bertz CT molecular complexity index is 568. The van der Waals surface area contributed by atoms with E-state index in [4.69, 9.17) is 0 Å². The van der Waals surface area contributed by atoms with Crippen molar-refractivity contribution < 1.29 is 0 Å². The molecule has 0 spiro atoms. The summed E-state index contributed by atoms with van der Waals surface area (Å²) in [4.78, 5) is 0. The van der Waals surface area contributed by atoms with Crippen LogP contribution >= 0.6 is 0 Å². The van der Waals surface area contributed by atoms with Gasteiger partial charge < -0.3 is 5.32 Å². The summed E-state index contributed by atoms with van der Waals surface area (Å²) in [5, 5.41) is 3.66. The third-order valence-electron chi connectivity index (χ3n) is 4.04. The maximum atomic E-state index is 3.66. The van der Waals surface area contributed by atoms with Gasteiger partial charge in [0, 0.05) is 5.69 Å². The zero-order chi connectivity index (χ0) is 12.7. The van der Waals surface area contributed by atoms with Crippen molar-refractivity contribution in [2.75, 3.05) is 5.32 Å². The third-order valence-corrected chi connectivity index (χ3v) is 4.04. The number of anilines is 1. The van der Waals surface area contributed by atoms with Gasteiger partial charge in [-0.1, -0.05) is 30.3 Å². The van der Waals surface area contributed by atoms with Crippen LogP contribution < -0.4 is 5.32 Å². The van der Waals surface area contributed by atoms with Gasteiger partial charge in [-0.15, -0.1) is 0 Å². The van der Waals surface area contributed by atoms with E-state index < -0.39 is 0 Å². The molecular weight excluding hydrogens is 218 g/mol. The SMILES string of the molecule is Cc1cc2c(cc1C)NC(c1ccccc1C)C2. The molecule has 1 nitrogen and oxygen atoms in total. The van der Waals surface area contributed by atoms with E-state index in [2.05, 4.69) is 62.5 Å². The van der Waals surface area contributed by atoms with E-state index in [0.717, 1.165) is 6.42 Å². The number of hydrogen-bond acceptors (Lipinski definition) is 1. The molecule has 1 N–H and O–H groups in total. The highest BCUT2D eigenvalue weighted by atomic mass is 14.9. The molecule has 2 aromatic carbocycles. The first-order valence-corrected chi connectivity index (χ1v) is 6.57. The van der Waals surface area contributed by atoms with Crippen molar-refractivity contribution in [3.63, 3.8) is 0 Å². The molecule has 1 aliphatic rings. The number of rotatable bonds is 1. The molecule has 0 amide bonds. The van der Waals surface area contributed by atoms with Gasteiger partial charge in [-0.3, -0.25) is 0 Å². The summed E-state index contributed by atoms with van der Waals surface area (Å²) in [5.74, 6) is 0. The molecule has 18 heavy (non-hydrogen) atoms. The monoisotopic (exact) mass is 237 g/mol. The minimum absolute atomic E-state index is 0.433. The number of benzene rings is 2. The molecule has 92 valence electrons. The van der Waals surface area contributed by atoms with Crippen molar-refractivity contribution in [1.82, 2.24) is 0 Å². The maximum absolute atomic E-state index is 3.66. The highest BCUT2D eigenvalue weighted by molar-refractivity contribution is 5.61. The average Bonchev–Trinajstić information content (AvgIpc) is 2.73. The molecule has 0 radical (unpaired) electrons. The van der Waals surface area contributed by atoms with Gasteiger partial charge in [0.15, 0.2) is 0 Å². The average molecular weight is 237 g/mol. The van der Waals surface area contributed by atoms with Crippen molar-refractivity contribution in [3.8, 4) is 0 Å². The van der Waals surface area contributed by atoms with Crippen LogP contribution in [0.2, 0.25) is 0 Å². The van der Waals surface area contributed by atoms with E-state index >= 15 is 0 Å². The molecule has 0 bridgehead atoms. The van der Waals surface area contributed by atoms with E-state index in [1.807, 2.05) is 0 Å². The van der Waals surface area contributed by atoms with E-state index in [-0.39, 0.29) is 0 Å². The summed E-state index contributed by atoms with van der Waals surface area (Å²) in [6.07, 6.45) is 1.10. The second-order valence-corrected chi connectivity index (χ2v) is 5.35. The smallest absolute Gasteiger partial charge is 0.0557 e. The van der Waals surface area contributed by atoms with Crippen LogP contribution in [0.1, 0.15) is 33.9 Å². The van der Waals surface area contributed by atoms with Crippen molar-refractivity contribution in [3.05, 3.63) is 64.2 Å². The number of fused-ring (bicyclic) bond motifs is 1. The highest BCUT2D eigenvalue weighted by Crippen LogP contribution is 2.36. The predicted molar refractivity (Wildman–Crippen MR) is 77.2 cm³/mol. The predicted octanol–water partition coefficient (Wildman–Crippen LogP) is 4.32. The molecule has 0 aromatic heterocycles. The van der Waals surface area contributed by atoms with E-state index in [1.54, 1.807) is 0 Å². The van der Waals surface area contributed by atoms with E-state index in [1.165, 1.54) is 33.5 Å². The summed E-state index contributed by atoms with van der Waals surface area (Å²) < 4.78 is 0. The van der Waals surface area contributed by atoms with Crippen LogP contribution in [0.15, 0.2) is 36.4 Å². The maximum Gasteiger partial charge on any atom is 0.0557 e. The lowest BCUT2D eigenvalue weighted by molar-refractivity contribution is 0.816. The molecular formula is C17H19N. The van der Waals surface area contributed by atoms with Crippen molar-refractivity contribution in [2.24, 2.45) is 0 Å². The first-order chi connectivity index (χ1) is 8.65. The normalized spacial score (nSPS) is 17.4. The summed E-state index contributed by atoms with van der Waals surface area (Å²) in [6.45, 7) is 6.56. The second-order valence-electron chi connectivity index (χ2n) is 5.35. The van der Waals surface area contributed by atoms with Gasteiger partial charge in [0.1, 0.15) is 0 Å². The minimum Gasteiger partial charge on any atom is -0.378 e. The second kappa shape index (κ2) is 4.16. The summed E-state index contributed by atoms with van der Waals surface area (Å²) in [7, 11) is 0. The van der Waals surface area contributed by atoms with Crippen molar-refractivity contribution in [1.29, 1.82) is 0 Å². The molecule has 0 saturated heterocycles. The standard InChI is InChI=1S/C17H19N/c1-11-6-4-5-7-15(11)17-10-14-8-12(2)13(3)9-16(14)18-17/h4-9,17-18H,10H2,1-3H3. The highest BCUT2D eigenvalue weighted by Gasteiger charge is 2.23. The lowest BCUT2D eigenvalue weighted by Gasteiger charge is -2.14. The fourth-order valence-electron chi connectivity index (χ4n) is 2.80. The minimum atomic E-state index is 0.433. The summed E-state index contributed by atoms with van der Waals surface area (Å²) >= 11 is 0. The number of hydrogen-bond donors (Lipinski definition) is 1. The molecule has 0 saturated carbocycles. The van der Waals surface area contributed by atoms with Gasteiger partial charge in [0.25, 0.3) is 0 Å². The third kappa shape index (κ3) is 1.80. The van der Waals surface area contributed by atoms with E-state index in [9.17, 15) is 0 Å². The Kier molecular flexibility index (Phi) is 2.62. The topological polar surface area (TPSA) is 12.0 Å². The quantitative estimate of drug-likeness (QED) is 0.778. The lowest BCUT2D eigenvalue weighted by Crippen LogP contribution is -2.07. The van der Waals surface area contributed by atoms with Gasteiger partial charge in [-0.05, 0) is 61.1 Å². The molecule has 0 aliphatic carbocycles. The van der Waals surface area contributed by atoms with Gasteiger partial charge in [0.2, 0.25) is 0 Å². The Hall–Kier alpha value is -1.76. The molecule has 2 aromatic rings. The summed E-state index contributed by atoms with van der Waals surface area (Å²) in [5.41, 5.74) is 8.31. The molecule has 1 aliphatic heterocycles. The van der Waals surface area contributed by atoms with Gasteiger partial charge in [-0.25, -0.2) is 0 Å². The van der Waals surface area contributed by atoms with Gasteiger partial charge >= 0.3 is 0 Å². The molecule has 1 atom stereocenters. The van der Waals surface area contributed by atoms with Crippen LogP contribution in [0.4, 0.5) is 5.69 Å². The Balaban J connectivity index is 1.96. The molecule has 3 rings (SSSR count). The first-order valence-electron chi connectivity index (χ1n) is 6.57. The van der Waals surface area contributed by atoms with Crippen LogP contribution in [0.3, 0.4) is 0 Å². The Labute approximate surface area is 109 Å². The zero-order valence-corrected chi connectivity index (χ0v) is 11.2.